The molecule has 0 spiro atoms. The third-order valence-electron chi connectivity index (χ3n) is 2.35. The Morgan fingerprint density at radius 3 is 2.65 bits per heavy atom. The molecule has 17 heavy (non-hydrogen) atoms. The molecule has 1 aliphatic heterocycles. The van der Waals surface area contributed by atoms with Gasteiger partial charge in [0, 0.05) is 13.1 Å². The third-order valence-corrected chi connectivity index (χ3v) is 3.22. The SMILES string of the molecule is NC(=O)CSc1nc(N)nc(N2CCCC2)n1. The number of primary amides is 1. The predicted molar refractivity (Wildman–Crippen MR) is 65.6 cm³/mol. The van der Waals surface area contributed by atoms with Crippen LogP contribution in [0.15, 0.2) is 5.16 Å². The average Bonchev–Trinajstić information content (AvgIpc) is 2.79. The van der Waals surface area contributed by atoms with E-state index in [2.05, 4.69) is 19.9 Å². The minimum absolute atomic E-state index is 0.142. The first-order valence-electron chi connectivity index (χ1n) is 5.33. The van der Waals surface area contributed by atoms with E-state index in [0.717, 1.165) is 25.9 Å². The second kappa shape index (κ2) is 5.17. The van der Waals surface area contributed by atoms with Crippen molar-refractivity contribution in [2.75, 3.05) is 29.5 Å². The smallest absolute Gasteiger partial charge is 0.231 e. The van der Waals surface area contributed by atoms with E-state index in [4.69, 9.17) is 11.5 Å². The summed E-state index contributed by atoms with van der Waals surface area (Å²) in [4.78, 5) is 25.1. The van der Waals surface area contributed by atoms with E-state index in [1.54, 1.807) is 0 Å². The van der Waals surface area contributed by atoms with Gasteiger partial charge < -0.3 is 16.4 Å². The van der Waals surface area contributed by atoms with E-state index < -0.39 is 5.91 Å². The summed E-state index contributed by atoms with van der Waals surface area (Å²) in [6.07, 6.45) is 2.27. The average molecular weight is 254 g/mol. The van der Waals surface area contributed by atoms with Gasteiger partial charge in [-0.15, -0.1) is 0 Å². The number of nitrogens with two attached hydrogens (primary N) is 2. The molecule has 2 heterocycles. The molecule has 0 atom stereocenters. The Balaban J connectivity index is 2.13. The lowest BCUT2D eigenvalue weighted by Crippen LogP contribution is -2.22. The Kier molecular flexibility index (Phi) is 3.62. The highest BCUT2D eigenvalue weighted by Gasteiger charge is 2.17. The molecule has 0 radical (unpaired) electrons. The Bertz CT molecular complexity index is 420. The molecule has 0 aromatic carbocycles. The lowest BCUT2D eigenvalue weighted by atomic mass is 10.4. The molecule has 1 saturated heterocycles. The molecule has 1 aromatic heterocycles. The molecule has 0 saturated carbocycles. The number of amides is 1. The van der Waals surface area contributed by atoms with Crippen molar-refractivity contribution in [2.24, 2.45) is 5.73 Å². The minimum atomic E-state index is -0.406. The summed E-state index contributed by atoms with van der Waals surface area (Å²) >= 11 is 1.17. The molecule has 4 N–H and O–H groups in total. The summed E-state index contributed by atoms with van der Waals surface area (Å²) in [5.74, 6) is 0.496. The van der Waals surface area contributed by atoms with E-state index in [1.807, 2.05) is 0 Å². The number of hydrogen-bond donors (Lipinski definition) is 2. The first-order valence-corrected chi connectivity index (χ1v) is 6.31. The first kappa shape index (κ1) is 11.9. The van der Waals surface area contributed by atoms with Crippen LogP contribution in [0.25, 0.3) is 0 Å². The van der Waals surface area contributed by atoms with Gasteiger partial charge in [-0.05, 0) is 12.8 Å². The lowest BCUT2D eigenvalue weighted by molar-refractivity contribution is -0.115. The van der Waals surface area contributed by atoms with Crippen molar-refractivity contribution in [3.05, 3.63) is 0 Å². The largest absolute Gasteiger partial charge is 0.369 e. The van der Waals surface area contributed by atoms with Crippen LogP contribution in [-0.2, 0) is 4.79 Å². The van der Waals surface area contributed by atoms with Crippen LogP contribution < -0.4 is 16.4 Å². The number of nitrogen functional groups attached to an aromatic ring is 1. The fraction of sp³-hybridized carbons (Fsp3) is 0.556. The third kappa shape index (κ3) is 3.19. The van der Waals surface area contributed by atoms with Crippen molar-refractivity contribution >= 4 is 29.6 Å². The Hall–Kier alpha value is -1.57. The number of carbonyl (C=O) groups is 1. The highest BCUT2D eigenvalue weighted by Crippen LogP contribution is 2.20. The molecule has 1 aromatic rings. The maximum absolute atomic E-state index is 10.7. The van der Waals surface area contributed by atoms with Crippen LogP contribution in [0, 0.1) is 0 Å². The van der Waals surface area contributed by atoms with E-state index >= 15 is 0 Å². The van der Waals surface area contributed by atoms with Gasteiger partial charge in [0.15, 0.2) is 5.16 Å². The van der Waals surface area contributed by atoms with Crippen LogP contribution in [-0.4, -0.2) is 39.7 Å². The standard InChI is InChI=1S/C9H14N6OS/c10-6(16)5-17-9-13-7(11)12-8(14-9)15-3-1-2-4-15/h1-5H2,(H2,10,16)(H2,11,12,13,14). The van der Waals surface area contributed by atoms with Gasteiger partial charge in [-0.25, -0.2) is 0 Å². The molecule has 0 bridgehead atoms. The molecule has 92 valence electrons. The summed E-state index contributed by atoms with van der Waals surface area (Å²) in [5, 5.41) is 0.443. The molecule has 1 aliphatic rings. The summed E-state index contributed by atoms with van der Waals surface area (Å²) in [5.41, 5.74) is 10.7. The zero-order valence-corrected chi connectivity index (χ0v) is 10.1. The molecule has 1 fully saturated rings. The number of thioether (sulfide) groups is 1. The molecule has 7 nitrogen and oxygen atoms in total. The van der Waals surface area contributed by atoms with Crippen LogP contribution in [0.1, 0.15) is 12.8 Å². The summed E-state index contributed by atoms with van der Waals surface area (Å²) in [6.45, 7) is 1.87. The normalized spacial score (nSPS) is 15.2. The van der Waals surface area contributed by atoms with Crippen LogP contribution in [0.2, 0.25) is 0 Å². The summed E-state index contributed by atoms with van der Waals surface area (Å²) < 4.78 is 0. The fourth-order valence-electron chi connectivity index (χ4n) is 1.62. The van der Waals surface area contributed by atoms with Crippen molar-refractivity contribution in [3.8, 4) is 0 Å². The second-order valence-corrected chi connectivity index (χ2v) is 4.67. The quantitative estimate of drug-likeness (QED) is 0.705. The van der Waals surface area contributed by atoms with Crippen molar-refractivity contribution in [1.29, 1.82) is 0 Å². The highest BCUT2D eigenvalue weighted by molar-refractivity contribution is 7.99. The molecule has 8 heteroatoms. The molecule has 0 aliphatic carbocycles. The maximum Gasteiger partial charge on any atom is 0.231 e. The van der Waals surface area contributed by atoms with Crippen LogP contribution in [0.5, 0.6) is 0 Å². The number of carbonyl (C=O) groups excluding carboxylic acids is 1. The molecule has 0 unspecified atom stereocenters. The molecule has 1 amide bonds. The minimum Gasteiger partial charge on any atom is -0.369 e. The number of nitrogens with zero attached hydrogens (tertiary/aromatic N) is 4. The van der Waals surface area contributed by atoms with Crippen molar-refractivity contribution in [1.82, 2.24) is 15.0 Å². The van der Waals surface area contributed by atoms with Gasteiger partial charge >= 0.3 is 0 Å². The van der Waals surface area contributed by atoms with Gasteiger partial charge in [-0.1, -0.05) is 11.8 Å². The summed E-state index contributed by atoms with van der Waals surface area (Å²) in [7, 11) is 0. The highest BCUT2D eigenvalue weighted by atomic mass is 32.2. The van der Waals surface area contributed by atoms with Gasteiger partial charge in [-0.3, -0.25) is 4.79 Å². The van der Waals surface area contributed by atoms with Crippen molar-refractivity contribution < 1.29 is 4.79 Å². The number of hydrogen-bond acceptors (Lipinski definition) is 7. The maximum atomic E-state index is 10.7. The number of anilines is 2. The van der Waals surface area contributed by atoms with Crippen LogP contribution in [0.3, 0.4) is 0 Å². The van der Waals surface area contributed by atoms with Gasteiger partial charge in [0.25, 0.3) is 0 Å². The predicted octanol–water partition coefficient (Wildman–Crippen LogP) is -0.369. The van der Waals surface area contributed by atoms with Crippen molar-refractivity contribution in [2.45, 2.75) is 18.0 Å². The van der Waals surface area contributed by atoms with E-state index in [9.17, 15) is 4.79 Å². The van der Waals surface area contributed by atoms with Gasteiger partial charge in [0.05, 0.1) is 5.75 Å². The monoisotopic (exact) mass is 254 g/mol. The summed E-state index contributed by atoms with van der Waals surface area (Å²) in [6, 6.07) is 0. The lowest BCUT2D eigenvalue weighted by Gasteiger charge is -2.15. The second-order valence-electron chi connectivity index (χ2n) is 3.73. The van der Waals surface area contributed by atoms with E-state index in [1.165, 1.54) is 11.8 Å². The molecule has 2 rings (SSSR count). The zero-order valence-electron chi connectivity index (χ0n) is 9.30. The van der Waals surface area contributed by atoms with Crippen LogP contribution in [0.4, 0.5) is 11.9 Å². The topological polar surface area (TPSA) is 111 Å². The number of rotatable bonds is 4. The van der Waals surface area contributed by atoms with Gasteiger partial charge in [-0.2, -0.15) is 15.0 Å². The first-order chi connectivity index (χ1) is 8.15. The molecular formula is C9H14N6OS. The number of aromatic nitrogens is 3. The molecular weight excluding hydrogens is 240 g/mol. The van der Waals surface area contributed by atoms with E-state index in [-0.39, 0.29) is 11.7 Å². The van der Waals surface area contributed by atoms with Gasteiger partial charge in [0.1, 0.15) is 0 Å². The van der Waals surface area contributed by atoms with Crippen molar-refractivity contribution in [3.63, 3.8) is 0 Å². The van der Waals surface area contributed by atoms with E-state index in [0.29, 0.717) is 11.1 Å². The van der Waals surface area contributed by atoms with Crippen LogP contribution >= 0.6 is 11.8 Å². The van der Waals surface area contributed by atoms with Gasteiger partial charge in [0.2, 0.25) is 17.8 Å². The fourth-order valence-corrected chi connectivity index (χ4v) is 2.20. The Labute approximate surface area is 103 Å². The Morgan fingerprint density at radius 1 is 1.29 bits per heavy atom. The zero-order chi connectivity index (χ0) is 12.3. The Morgan fingerprint density at radius 2 is 2.00 bits per heavy atom.